The second kappa shape index (κ2) is 10.1. The summed E-state index contributed by atoms with van der Waals surface area (Å²) in [7, 11) is 0. The first-order valence-corrected chi connectivity index (χ1v) is 14.8. The third-order valence-corrected chi connectivity index (χ3v) is 11.2. The molecule has 7 unspecified atom stereocenters. The summed E-state index contributed by atoms with van der Waals surface area (Å²) < 4.78 is 6.02. The molecule has 0 aromatic heterocycles. The number of hydrogen-bond donors (Lipinski definition) is 0. The Hall–Kier alpha value is -1.83. The summed E-state index contributed by atoms with van der Waals surface area (Å²) in [5.41, 5.74) is 6.66. The molecule has 2 fully saturated rings. The lowest BCUT2D eigenvalue weighted by Crippen LogP contribution is -2.46. The fourth-order valence-corrected chi connectivity index (χ4v) is 9.13. The monoisotopic (exact) mass is 488 g/mol. The molecule has 1 aromatic rings. The van der Waals surface area contributed by atoms with Crippen molar-refractivity contribution in [3.63, 3.8) is 0 Å². The zero-order valence-corrected chi connectivity index (χ0v) is 23.4. The van der Waals surface area contributed by atoms with Crippen LogP contribution in [0.1, 0.15) is 116 Å². The van der Waals surface area contributed by atoms with E-state index in [1.54, 1.807) is 0 Å². The molecule has 196 valence electrons. The molecule has 0 heterocycles. The number of carbonyl (C=O) groups is 1. The molecule has 2 heteroatoms. The van der Waals surface area contributed by atoms with Gasteiger partial charge in [0.2, 0.25) is 0 Å². The highest BCUT2D eigenvalue weighted by Crippen LogP contribution is 2.66. The zero-order chi connectivity index (χ0) is 25.5. The summed E-state index contributed by atoms with van der Waals surface area (Å²) in [6.45, 7) is 12.2. The van der Waals surface area contributed by atoms with Gasteiger partial charge in [0.25, 0.3) is 0 Å². The topological polar surface area (TPSA) is 26.3 Å². The van der Waals surface area contributed by atoms with Gasteiger partial charge in [-0.15, -0.1) is 0 Å². The minimum atomic E-state index is -0.149. The molecule has 4 aliphatic carbocycles. The lowest BCUT2D eigenvalue weighted by molar-refractivity contribution is -0.0157. The lowest BCUT2D eigenvalue weighted by atomic mass is 9.50. The fraction of sp³-hybridized carbons (Fsp3) is 0.676. The van der Waals surface area contributed by atoms with Crippen molar-refractivity contribution in [2.75, 3.05) is 0 Å². The highest BCUT2D eigenvalue weighted by molar-refractivity contribution is 5.89. The van der Waals surface area contributed by atoms with E-state index in [2.05, 4.69) is 40.7 Å². The van der Waals surface area contributed by atoms with E-state index in [9.17, 15) is 4.79 Å². The Morgan fingerprint density at radius 2 is 1.83 bits per heavy atom. The number of allylic oxidation sites excluding steroid dienone is 4. The first kappa shape index (κ1) is 25.8. The summed E-state index contributed by atoms with van der Waals surface area (Å²) in [5.74, 6) is 3.01. The van der Waals surface area contributed by atoms with Gasteiger partial charge in [0, 0.05) is 0 Å². The van der Waals surface area contributed by atoms with E-state index in [0.717, 1.165) is 30.6 Å². The Kier molecular flexibility index (Phi) is 7.27. The Morgan fingerprint density at radius 3 is 2.58 bits per heavy atom. The summed E-state index contributed by atoms with van der Waals surface area (Å²) in [6.07, 6.45) is 16.4. The van der Waals surface area contributed by atoms with Crippen LogP contribution in [-0.2, 0) is 4.74 Å². The highest BCUT2D eigenvalue weighted by atomic mass is 16.5. The minimum absolute atomic E-state index is 0.0734. The van der Waals surface area contributed by atoms with Gasteiger partial charge in [-0.05, 0) is 131 Å². The van der Waals surface area contributed by atoms with Gasteiger partial charge >= 0.3 is 5.97 Å². The van der Waals surface area contributed by atoms with Crippen LogP contribution in [0.4, 0.5) is 0 Å². The average molecular weight is 489 g/mol. The van der Waals surface area contributed by atoms with Crippen molar-refractivity contribution in [3.05, 3.63) is 58.7 Å². The molecule has 2 saturated carbocycles. The summed E-state index contributed by atoms with van der Waals surface area (Å²) in [6, 6.07) is 9.51. The van der Waals surface area contributed by atoms with Crippen molar-refractivity contribution in [2.45, 2.75) is 111 Å². The predicted molar refractivity (Wildman–Crippen MR) is 149 cm³/mol. The minimum Gasteiger partial charge on any atom is -0.459 e. The van der Waals surface area contributed by atoms with E-state index in [1.807, 2.05) is 41.5 Å². The van der Waals surface area contributed by atoms with E-state index in [4.69, 9.17) is 4.74 Å². The van der Waals surface area contributed by atoms with Gasteiger partial charge in [0.05, 0.1) is 5.56 Å². The molecule has 36 heavy (non-hydrogen) atoms. The largest absolute Gasteiger partial charge is 0.459 e. The number of ether oxygens (including phenoxy) is 1. The Morgan fingerprint density at radius 1 is 1.06 bits per heavy atom. The molecular weight excluding hydrogens is 440 g/mol. The van der Waals surface area contributed by atoms with Crippen molar-refractivity contribution in [1.82, 2.24) is 0 Å². The maximum atomic E-state index is 12.7. The van der Waals surface area contributed by atoms with Crippen molar-refractivity contribution >= 4 is 5.97 Å². The number of carbonyl (C=O) groups excluding carboxylic acids is 1. The van der Waals surface area contributed by atoms with Crippen LogP contribution < -0.4 is 0 Å². The lowest BCUT2D eigenvalue weighted by Gasteiger charge is -2.55. The normalized spacial score (nSPS) is 36.4. The quantitative estimate of drug-likeness (QED) is 0.294. The number of rotatable bonds is 6. The number of fused-ring (bicyclic) bond motifs is 4. The van der Waals surface area contributed by atoms with Crippen LogP contribution in [0.5, 0.6) is 0 Å². The maximum Gasteiger partial charge on any atom is 0.338 e. The van der Waals surface area contributed by atoms with Gasteiger partial charge in [0.15, 0.2) is 0 Å². The first-order valence-electron chi connectivity index (χ1n) is 14.8. The molecule has 0 bridgehead atoms. The fourth-order valence-electron chi connectivity index (χ4n) is 9.13. The number of benzene rings is 1. The van der Waals surface area contributed by atoms with Crippen LogP contribution in [0.2, 0.25) is 0 Å². The van der Waals surface area contributed by atoms with Gasteiger partial charge < -0.3 is 4.74 Å². The molecule has 7 atom stereocenters. The van der Waals surface area contributed by atoms with Gasteiger partial charge in [-0.1, -0.05) is 61.8 Å². The van der Waals surface area contributed by atoms with Crippen LogP contribution in [0, 0.1) is 34.5 Å². The molecule has 1 aromatic carbocycles. The highest BCUT2D eigenvalue weighted by Gasteiger charge is 2.56. The zero-order valence-electron chi connectivity index (χ0n) is 23.4. The first-order chi connectivity index (χ1) is 17.2. The Labute approximate surface area is 220 Å². The molecule has 0 N–H and O–H groups in total. The number of hydrogen-bond acceptors (Lipinski definition) is 2. The molecule has 0 spiro atoms. The molecule has 0 saturated heterocycles. The van der Waals surface area contributed by atoms with E-state index in [1.165, 1.54) is 63.4 Å². The van der Waals surface area contributed by atoms with E-state index >= 15 is 0 Å². The third kappa shape index (κ3) is 4.63. The van der Waals surface area contributed by atoms with Crippen LogP contribution in [0.15, 0.2) is 53.1 Å². The van der Waals surface area contributed by atoms with E-state index < -0.39 is 0 Å². The van der Waals surface area contributed by atoms with Crippen molar-refractivity contribution in [1.29, 1.82) is 0 Å². The van der Waals surface area contributed by atoms with Gasteiger partial charge in [0.1, 0.15) is 6.10 Å². The molecule has 2 nitrogen and oxygen atoms in total. The number of esters is 1. The molecule has 0 radical (unpaired) electrons. The smallest absolute Gasteiger partial charge is 0.338 e. The maximum absolute atomic E-state index is 12.7. The Bertz CT molecular complexity index is 1010. The molecular formula is C34H48O2. The summed E-state index contributed by atoms with van der Waals surface area (Å²) >= 11 is 0. The Balaban J connectivity index is 1.28. The molecule has 0 amide bonds. The van der Waals surface area contributed by atoms with Gasteiger partial charge in [-0.25, -0.2) is 4.79 Å². The molecule has 4 aliphatic rings. The van der Waals surface area contributed by atoms with Crippen molar-refractivity contribution in [2.24, 2.45) is 34.5 Å². The van der Waals surface area contributed by atoms with Gasteiger partial charge in [-0.3, -0.25) is 0 Å². The average Bonchev–Trinajstić information content (AvgIpc) is 3.22. The standard InChI is InChI=1S/C34H48O2/c1-23(2)10-9-11-24(3)29-16-17-30-28-15-14-26-22-27(36-32(35)25-12-7-6-8-13-25)18-20-33(26,4)31(28)19-21-34(29,30)5/h6-8,10,12-13,24,26-27,29-30H,9,11,14-22H2,1-5H3. The van der Waals surface area contributed by atoms with Crippen LogP contribution in [-0.4, -0.2) is 12.1 Å². The van der Waals surface area contributed by atoms with Crippen molar-refractivity contribution < 1.29 is 9.53 Å². The molecule has 0 aliphatic heterocycles. The van der Waals surface area contributed by atoms with Crippen molar-refractivity contribution in [3.8, 4) is 0 Å². The summed E-state index contributed by atoms with van der Waals surface area (Å²) in [4.78, 5) is 12.7. The van der Waals surface area contributed by atoms with Crippen LogP contribution in [0.3, 0.4) is 0 Å². The van der Waals surface area contributed by atoms with E-state index in [0.29, 0.717) is 22.3 Å². The summed E-state index contributed by atoms with van der Waals surface area (Å²) in [5, 5.41) is 0. The van der Waals surface area contributed by atoms with Crippen LogP contribution >= 0.6 is 0 Å². The predicted octanol–water partition coefficient (Wildman–Crippen LogP) is 9.32. The second-order valence-corrected chi connectivity index (χ2v) is 13.4. The second-order valence-electron chi connectivity index (χ2n) is 13.4. The van der Waals surface area contributed by atoms with E-state index in [-0.39, 0.29) is 12.1 Å². The van der Waals surface area contributed by atoms with Gasteiger partial charge in [-0.2, -0.15) is 0 Å². The molecule has 5 rings (SSSR count). The SMILES string of the molecule is CC(C)=CCCC(C)C1CCC2C3=C(CCC21C)C1(C)CCC(OC(=O)c2ccccc2)CC1CC3. The third-order valence-electron chi connectivity index (χ3n) is 11.2. The van der Waals surface area contributed by atoms with Crippen LogP contribution in [0.25, 0.3) is 0 Å².